The third kappa shape index (κ3) is 4.19. The van der Waals surface area contributed by atoms with E-state index in [9.17, 15) is 4.79 Å². The van der Waals surface area contributed by atoms with Gasteiger partial charge in [0.15, 0.2) is 0 Å². The number of ether oxygens (including phenoxy) is 1. The van der Waals surface area contributed by atoms with E-state index in [0.29, 0.717) is 16.4 Å². The highest BCUT2D eigenvalue weighted by Crippen LogP contribution is 2.13. The van der Waals surface area contributed by atoms with Crippen LogP contribution in [0.25, 0.3) is 0 Å². The van der Waals surface area contributed by atoms with Crippen LogP contribution in [0.3, 0.4) is 0 Å². The first-order valence-corrected chi connectivity index (χ1v) is 6.05. The van der Waals surface area contributed by atoms with E-state index in [0.717, 1.165) is 5.56 Å². The molecule has 19 heavy (non-hydrogen) atoms. The zero-order valence-corrected chi connectivity index (χ0v) is 10.9. The predicted octanol–water partition coefficient (Wildman–Crippen LogP) is 3.67. The molecule has 0 saturated heterocycles. The van der Waals surface area contributed by atoms with Gasteiger partial charge in [-0.1, -0.05) is 29.8 Å². The Bertz CT molecular complexity index is 570. The summed E-state index contributed by atoms with van der Waals surface area (Å²) in [7, 11) is 0. The largest absolute Gasteiger partial charge is 0.444 e. The molecule has 0 aromatic heterocycles. The van der Waals surface area contributed by atoms with Crippen molar-refractivity contribution in [2.24, 2.45) is 0 Å². The van der Waals surface area contributed by atoms with Crippen molar-refractivity contribution in [2.75, 3.05) is 11.1 Å². The summed E-state index contributed by atoms with van der Waals surface area (Å²) in [5.41, 5.74) is 7.65. The maximum absolute atomic E-state index is 11.6. The number of halogens is 1. The molecular weight excluding hydrogens is 264 g/mol. The van der Waals surface area contributed by atoms with Crippen molar-refractivity contribution >= 4 is 29.1 Å². The fraction of sp³-hybridized carbons (Fsp3) is 0.0714. The van der Waals surface area contributed by atoms with Crippen molar-refractivity contribution in [1.29, 1.82) is 0 Å². The molecule has 2 aromatic rings. The van der Waals surface area contributed by atoms with Crippen LogP contribution in [-0.4, -0.2) is 6.09 Å². The summed E-state index contributed by atoms with van der Waals surface area (Å²) in [6, 6.07) is 14.0. The maximum Gasteiger partial charge on any atom is 0.411 e. The van der Waals surface area contributed by atoms with Crippen molar-refractivity contribution in [3.8, 4) is 0 Å². The SMILES string of the molecule is Nc1cccc(NC(=O)OCc2ccc(Cl)cc2)c1. The molecule has 0 radical (unpaired) electrons. The van der Waals surface area contributed by atoms with Gasteiger partial charge in [0.25, 0.3) is 0 Å². The Morgan fingerprint density at radius 3 is 2.63 bits per heavy atom. The average Bonchev–Trinajstić information content (AvgIpc) is 2.38. The van der Waals surface area contributed by atoms with Crippen molar-refractivity contribution < 1.29 is 9.53 Å². The third-order valence-electron chi connectivity index (χ3n) is 2.42. The number of nitrogens with two attached hydrogens (primary N) is 1. The second kappa shape index (κ2) is 6.11. The van der Waals surface area contributed by atoms with Crippen LogP contribution in [-0.2, 0) is 11.3 Å². The average molecular weight is 277 g/mol. The monoisotopic (exact) mass is 276 g/mol. The smallest absolute Gasteiger partial charge is 0.411 e. The number of benzene rings is 2. The number of hydrogen-bond acceptors (Lipinski definition) is 3. The molecule has 0 heterocycles. The number of carbonyl (C=O) groups excluding carboxylic acids is 1. The second-order valence-electron chi connectivity index (χ2n) is 3.95. The molecule has 0 aliphatic carbocycles. The van der Waals surface area contributed by atoms with Crippen molar-refractivity contribution in [2.45, 2.75) is 6.61 Å². The lowest BCUT2D eigenvalue weighted by Crippen LogP contribution is -2.13. The van der Waals surface area contributed by atoms with E-state index in [2.05, 4.69) is 5.32 Å². The van der Waals surface area contributed by atoms with Crippen LogP contribution in [0.15, 0.2) is 48.5 Å². The van der Waals surface area contributed by atoms with Crippen LogP contribution in [0.5, 0.6) is 0 Å². The topological polar surface area (TPSA) is 64.3 Å². The van der Waals surface area contributed by atoms with Gasteiger partial charge in [-0.15, -0.1) is 0 Å². The molecule has 0 fully saturated rings. The van der Waals surface area contributed by atoms with Gasteiger partial charge in [-0.3, -0.25) is 5.32 Å². The van der Waals surface area contributed by atoms with E-state index >= 15 is 0 Å². The Labute approximate surface area is 116 Å². The summed E-state index contributed by atoms with van der Waals surface area (Å²) in [6.07, 6.45) is -0.527. The zero-order valence-electron chi connectivity index (χ0n) is 10.1. The molecule has 0 aliphatic heterocycles. The first-order chi connectivity index (χ1) is 9.13. The van der Waals surface area contributed by atoms with E-state index in [-0.39, 0.29) is 6.61 Å². The minimum atomic E-state index is -0.527. The molecule has 1 amide bonds. The van der Waals surface area contributed by atoms with Crippen LogP contribution < -0.4 is 11.1 Å². The Balaban J connectivity index is 1.86. The van der Waals surface area contributed by atoms with Gasteiger partial charge >= 0.3 is 6.09 Å². The van der Waals surface area contributed by atoms with E-state index in [1.54, 1.807) is 48.5 Å². The van der Waals surface area contributed by atoms with Crippen molar-refractivity contribution in [1.82, 2.24) is 0 Å². The lowest BCUT2D eigenvalue weighted by atomic mass is 10.2. The molecule has 2 aromatic carbocycles. The summed E-state index contributed by atoms with van der Waals surface area (Å²) < 4.78 is 5.08. The number of nitrogen functional groups attached to an aromatic ring is 1. The molecule has 0 spiro atoms. The van der Waals surface area contributed by atoms with Gasteiger partial charge < -0.3 is 10.5 Å². The lowest BCUT2D eigenvalue weighted by Gasteiger charge is -2.07. The molecule has 98 valence electrons. The quantitative estimate of drug-likeness (QED) is 0.841. The molecular formula is C14H13ClN2O2. The van der Waals surface area contributed by atoms with Crippen molar-refractivity contribution in [3.05, 3.63) is 59.1 Å². The molecule has 0 bridgehead atoms. The summed E-state index contributed by atoms with van der Waals surface area (Å²) in [5, 5.41) is 3.24. The molecule has 3 N–H and O–H groups in total. The highest BCUT2D eigenvalue weighted by molar-refractivity contribution is 6.30. The van der Waals surface area contributed by atoms with Gasteiger partial charge in [0.05, 0.1) is 0 Å². The van der Waals surface area contributed by atoms with Gasteiger partial charge in [0, 0.05) is 16.4 Å². The summed E-state index contributed by atoms with van der Waals surface area (Å²) >= 11 is 5.76. The Morgan fingerprint density at radius 2 is 1.95 bits per heavy atom. The lowest BCUT2D eigenvalue weighted by molar-refractivity contribution is 0.155. The first kappa shape index (κ1) is 13.2. The van der Waals surface area contributed by atoms with Crippen LogP contribution >= 0.6 is 11.6 Å². The number of anilines is 2. The summed E-state index contributed by atoms with van der Waals surface area (Å²) in [6.45, 7) is 0.186. The van der Waals surface area contributed by atoms with Crippen LogP contribution in [0, 0.1) is 0 Å². The fourth-order valence-electron chi connectivity index (χ4n) is 1.50. The van der Waals surface area contributed by atoms with E-state index in [4.69, 9.17) is 22.1 Å². The number of nitrogens with one attached hydrogen (secondary N) is 1. The molecule has 5 heteroatoms. The van der Waals surface area contributed by atoms with E-state index < -0.39 is 6.09 Å². The van der Waals surface area contributed by atoms with Crippen LogP contribution in [0.2, 0.25) is 5.02 Å². The maximum atomic E-state index is 11.6. The van der Waals surface area contributed by atoms with Gasteiger partial charge in [0.1, 0.15) is 6.61 Å². The van der Waals surface area contributed by atoms with Gasteiger partial charge in [-0.05, 0) is 35.9 Å². The fourth-order valence-corrected chi connectivity index (χ4v) is 1.63. The number of hydrogen-bond donors (Lipinski definition) is 2. The summed E-state index contributed by atoms with van der Waals surface area (Å²) in [4.78, 5) is 11.6. The number of rotatable bonds is 3. The zero-order chi connectivity index (χ0) is 13.7. The number of carbonyl (C=O) groups is 1. The van der Waals surface area contributed by atoms with Crippen LogP contribution in [0.1, 0.15) is 5.56 Å². The van der Waals surface area contributed by atoms with Gasteiger partial charge in [0.2, 0.25) is 0 Å². The Hall–Kier alpha value is -2.20. The van der Waals surface area contributed by atoms with E-state index in [1.807, 2.05) is 0 Å². The Kier molecular flexibility index (Phi) is 4.26. The van der Waals surface area contributed by atoms with Gasteiger partial charge in [-0.25, -0.2) is 4.79 Å². The molecule has 0 atom stereocenters. The molecule has 2 rings (SSSR count). The minimum absolute atomic E-state index is 0.186. The molecule has 0 unspecified atom stereocenters. The van der Waals surface area contributed by atoms with Gasteiger partial charge in [-0.2, -0.15) is 0 Å². The first-order valence-electron chi connectivity index (χ1n) is 5.67. The Morgan fingerprint density at radius 1 is 1.21 bits per heavy atom. The van der Waals surface area contributed by atoms with Crippen molar-refractivity contribution in [3.63, 3.8) is 0 Å². The minimum Gasteiger partial charge on any atom is -0.444 e. The summed E-state index contributed by atoms with van der Waals surface area (Å²) in [5.74, 6) is 0. The van der Waals surface area contributed by atoms with E-state index in [1.165, 1.54) is 0 Å². The van der Waals surface area contributed by atoms with Crippen LogP contribution in [0.4, 0.5) is 16.2 Å². The highest BCUT2D eigenvalue weighted by atomic mass is 35.5. The normalized spacial score (nSPS) is 9.95. The molecule has 0 aliphatic rings. The predicted molar refractivity (Wildman–Crippen MR) is 76.1 cm³/mol. The highest BCUT2D eigenvalue weighted by Gasteiger charge is 2.03. The number of amides is 1. The third-order valence-corrected chi connectivity index (χ3v) is 2.67. The standard InChI is InChI=1S/C14H13ClN2O2/c15-11-6-4-10(5-7-11)9-19-14(18)17-13-3-1-2-12(16)8-13/h1-8H,9,16H2,(H,17,18). The molecule has 0 saturated carbocycles. The second-order valence-corrected chi connectivity index (χ2v) is 4.39. The molecule has 4 nitrogen and oxygen atoms in total.